The van der Waals surface area contributed by atoms with E-state index in [9.17, 15) is 9.59 Å². The molecule has 1 atom stereocenters. The zero-order valence-corrected chi connectivity index (χ0v) is 23.4. The minimum absolute atomic E-state index is 0.228. The number of benzene rings is 2. The van der Waals surface area contributed by atoms with Crippen LogP contribution in [0.5, 0.6) is 5.75 Å². The van der Waals surface area contributed by atoms with E-state index in [4.69, 9.17) is 13.9 Å². The Balaban J connectivity index is 1.31. The van der Waals surface area contributed by atoms with Crippen LogP contribution in [-0.4, -0.2) is 53.7 Å². The van der Waals surface area contributed by atoms with Crippen LogP contribution in [0.3, 0.4) is 0 Å². The van der Waals surface area contributed by atoms with E-state index in [1.54, 1.807) is 55.9 Å². The van der Waals surface area contributed by atoms with Crippen LogP contribution in [0.2, 0.25) is 0 Å². The van der Waals surface area contributed by atoms with E-state index in [1.807, 2.05) is 11.4 Å². The number of ether oxygens (including phenoxy) is 2. The Morgan fingerprint density at radius 3 is 2.58 bits per heavy atom. The number of thiazole rings is 1. The van der Waals surface area contributed by atoms with Gasteiger partial charge in [0, 0.05) is 42.1 Å². The summed E-state index contributed by atoms with van der Waals surface area (Å²) < 4.78 is 16.5. The fourth-order valence-corrected chi connectivity index (χ4v) is 4.65. The van der Waals surface area contributed by atoms with Gasteiger partial charge in [0.05, 0.1) is 18.9 Å². The molecule has 0 spiro atoms. The highest BCUT2D eigenvalue weighted by Gasteiger charge is 2.21. The summed E-state index contributed by atoms with van der Waals surface area (Å²) in [6, 6.07) is 12.0. The number of aromatic nitrogens is 2. The van der Waals surface area contributed by atoms with Crippen LogP contribution in [0.1, 0.15) is 30.5 Å². The molecule has 0 aliphatic heterocycles. The molecule has 0 fully saturated rings. The summed E-state index contributed by atoms with van der Waals surface area (Å²) in [7, 11) is 1.54. The average molecular weight is 565 g/mol. The number of urea groups is 1. The zero-order chi connectivity index (χ0) is 28.3. The van der Waals surface area contributed by atoms with Gasteiger partial charge in [-0.05, 0) is 42.9 Å². The molecule has 0 radical (unpaired) electrons. The van der Waals surface area contributed by atoms with E-state index < -0.39 is 18.2 Å². The number of alkyl carbamates (subject to hydrolysis) is 1. The predicted molar refractivity (Wildman–Crippen MR) is 154 cm³/mol. The number of nitrogens with one attached hydrogen (secondary N) is 3. The van der Waals surface area contributed by atoms with Crippen molar-refractivity contribution in [3.05, 3.63) is 77.2 Å². The fourth-order valence-electron chi connectivity index (χ4n) is 3.99. The Morgan fingerprint density at radius 1 is 1.10 bits per heavy atom. The zero-order valence-electron chi connectivity index (χ0n) is 22.5. The Bertz CT molecular complexity index is 1380. The number of hydrogen-bond acceptors (Lipinski definition) is 9. The molecule has 0 saturated heterocycles. The van der Waals surface area contributed by atoms with Crippen molar-refractivity contribution >= 4 is 34.8 Å². The quantitative estimate of drug-likeness (QED) is 0.198. The topological polar surface area (TPSA) is 131 Å². The molecule has 4 aromatic rings. The second-order valence-corrected chi connectivity index (χ2v) is 9.59. The van der Waals surface area contributed by atoms with Crippen LogP contribution in [0, 0.1) is 0 Å². The fraction of sp³-hybridized carbons (Fsp3) is 0.286. The molecule has 1 unspecified atom stereocenters. The van der Waals surface area contributed by atoms with Gasteiger partial charge >= 0.3 is 12.1 Å². The molecule has 0 aliphatic rings. The average Bonchev–Trinajstić information content (AvgIpc) is 3.69. The standard InChI is InChI=1S/C28H32N6O5S/c1-4-34(5-2)17-25(26-30-11-12-40-26)39-28(36)31-15-19-7-6-8-20(13-19)32-27(35)33-21-9-10-22(23(14-21)37-3)24-16-29-18-38-24/h6-14,16,18,25H,4-5,15,17H2,1-3H3,(H,31,36)(H2,32,33,35). The normalized spacial score (nSPS) is 11.6. The second kappa shape index (κ2) is 14.1. The molecule has 40 heavy (non-hydrogen) atoms. The number of carbonyl (C=O) groups excluding carboxylic acids is 2. The maximum Gasteiger partial charge on any atom is 0.408 e. The lowest BCUT2D eigenvalue weighted by molar-refractivity contribution is 0.0714. The van der Waals surface area contributed by atoms with Crippen molar-refractivity contribution in [1.82, 2.24) is 20.2 Å². The number of carbonyl (C=O) groups is 2. The van der Waals surface area contributed by atoms with Gasteiger partial charge in [-0.15, -0.1) is 11.3 Å². The lowest BCUT2D eigenvalue weighted by Crippen LogP contribution is -2.33. The van der Waals surface area contributed by atoms with Crippen LogP contribution in [0.15, 0.2) is 71.0 Å². The molecular formula is C28H32N6O5S. The summed E-state index contributed by atoms with van der Waals surface area (Å²) in [5, 5.41) is 11.0. The van der Waals surface area contributed by atoms with Crippen molar-refractivity contribution in [3.8, 4) is 17.1 Å². The Kier molecular flexibility index (Phi) is 10.1. The number of likely N-dealkylation sites (N-methyl/N-ethyl adjacent to an activating group) is 1. The van der Waals surface area contributed by atoms with E-state index in [-0.39, 0.29) is 6.54 Å². The van der Waals surface area contributed by atoms with Crippen molar-refractivity contribution in [2.45, 2.75) is 26.5 Å². The minimum Gasteiger partial charge on any atom is -0.496 e. The summed E-state index contributed by atoms with van der Waals surface area (Å²) in [6.45, 7) is 6.62. The third kappa shape index (κ3) is 7.80. The summed E-state index contributed by atoms with van der Waals surface area (Å²) in [5.41, 5.74) is 2.62. The Labute approximate surface area is 236 Å². The molecule has 2 aromatic carbocycles. The Hall–Kier alpha value is -4.42. The van der Waals surface area contributed by atoms with Crippen LogP contribution >= 0.6 is 11.3 Å². The van der Waals surface area contributed by atoms with Crippen molar-refractivity contribution in [2.24, 2.45) is 0 Å². The van der Waals surface area contributed by atoms with Gasteiger partial charge < -0.3 is 29.8 Å². The predicted octanol–water partition coefficient (Wildman–Crippen LogP) is 5.76. The monoisotopic (exact) mass is 564 g/mol. The van der Waals surface area contributed by atoms with Crippen LogP contribution < -0.4 is 20.7 Å². The molecular weight excluding hydrogens is 532 g/mol. The van der Waals surface area contributed by atoms with Gasteiger partial charge in [-0.25, -0.2) is 19.6 Å². The number of nitrogens with zero attached hydrogens (tertiary/aromatic N) is 3. The van der Waals surface area contributed by atoms with Crippen LogP contribution in [0.4, 0.5) is 21.0 Å². The first kappa shape index (κ1) is 28.6. The lowest BCUT2D eigenvalue weighted by Gasteiger charge is -2.24. The molecule has 210 valence electrons. The van der Waals surface area contributed by atoms with Gasteiger partial charge in [-0.2, -0.15) is 0 Å². The Morgan fingerprint density at radius 2 is 1.90 bits per heavy atom. The molecule has 11 nitrogen and oxygen atoms in total. The van der Waals surface area contributed by atoms with E-state index in [1.165, 1.54) is 17.7 Å². The van der Waals surface area contributed by atoms with Gasteiger partial charge in [0.15, 0.2) is 18.3 Å². The number of methoxy groups -OCH3 is 1. The largest absolute Gasteiger partial charge is 0.496 e. The summed E-state index contributed by atoms with van der Waals surface area (Å²) in [6.07, 6.45) is 3.64. The molecule has 3 N–H and O–H groups in total. The summed E-state index contributed by atoms with van der Waals surface area (Å²) >= 11 is 1.46. The smallest absolute Gasteiger partial charge is 0.408 e. The molecule has 4 rings (SSSR count). The van der Waals surface area contributed by atoms with Crippen molar-refractivity contribution in [3.63, 3.8) is 0 Å². The SMILES string of the molecule is CCN(CC)CC(OC(=O)NCc1cccc(NC(=O)Nc2ccc(-c3cnco3)c(OC)c2)c1)c1nccs1. The lowest BCUT2D eigenvalue weighted by atomic mass is 10.1. The van der Waals surface area contributed by atoms with Crippen molar-refractivity contribution in [2.75, 3.05) is 37.4 Å². The summed E-state index contributed by atoms with van der Waals surface area (Å²) in [5.74, 6) is 1.09. The number of rotatable bonds is 12. The van der Waals surface area contributed by atoms with E-state index in [0.717, 1.165) is 29.2 Å². The highest BCUT2D eigenvalue weighted by Crippen LogP contribution is 2.32. The van der Waals surface area contributed by atoms with Crippen molar-refractivity contribution < 1.29 is 23.5 Å². The van der Waals surface area contributed by atoms with Gasteiger partial charge in [0.25, 0.3) is 0 Å². The molecule has 2 aromatic heterocycles. The van der Waals surface area contributed by atoms with Crippen LogP contribution in [-0.2, 0) is 11.3 Å². The van der Waals surface area contributed by atoms with Gasteiger partial charge in [0.2, 0.25) is 0 Å². The maximum atomic E-state index is 12.7. The highest BCUT2D eigenvalue weighted by atomic mass is 32.1. The van der Waals surface area contributed by atoms with Crippen LogP contribution in [0.25, 0.3) is 11.3 Å². The molecule has 12 heteroatoms. The van der Waals surface area contributed by atoms with E-state index in [2.05, 4.69) is 44.7 Å². The van der Waals surface area contributed by atoms with E-state index >= 15 is 0 Å². The molecule has 2 heterocycles. The van der Waals surface area contributed by atoms with Crippen molar-refractivity contribution in [1.29, 1.82) is 0 Å². The third-order valence-electron chi connectivity index (χ3n) is 6.07. The molecule has 3 amide bonds. The maximum absolute atomic E-state index is 12.7. The molecule has 0 bridgehead atoms. The third-order valence-corrected chi connectivity index (χ3v) is 6.94. The first-order valence-electron chi connectivity index (χ1n) is 12.8. The molecule has 0 aliphatic carbocycles. The minimum atomic E-state index is -0.536. The first-order valence-corrected chi connectivity index (χ1v) is 13.7. The van der Waals surface area contributed by atoms with Gasteiger partial charge in [0.1, 0.15) is 10.8 Å². The second-order valence-electron chi connectivity index (χ2n) is 8.66. The number of amides is 3. The number of anilines is 2. The number of hydrogen-bond donors (Lipinski definition) is 3. The number of oxazole rings is 1. The highest BCUT2D eigenvalue weighted by molar-refractivity contribution is 7.09. The first-order chi connectivity index (χ1) is 19.5. The van der Waals surface area contributed by atoms with E-state index in [0.29, 0.717) is 29.4 Å². The van der Waals surface area contributed by atoms with Gasteiger partial charge in [-0.3, -0.25) is 4.90 Å². The molecule has 0 saturated carbocycles. The van der Waals surface area contributed by atoms with Gasteiger partial charge in [-0.1, -0.05) is 26.0 Å². The summed E-state index contributed by atoms with van der Waals surface area (Å²) in [4.78, 5) is 35.7.